The highest BCUT2D eigenvalue weighted by Crippen LogP contribution is 2.38. The fourth-order valence-corrected chi connectivity index (χ4v) is 8.69. The molecule has 388 valence electrons. The van der Waals surface area contributed by atoms with E-state index in [4.69, 9.17) is 13.8 Å². The van der Waals surface area contributed by atoms with Crippen molar-refractivity contribution in [3.63, 3.8) is 0 Å². The Labute approximate surface area is 408 Å². The molecule has 0 saturated heterocycles. The molecule has 0 saturated carbocycles. The van der Waals surface area contributed by atoms with Gasteiger partial charge in [0.2, 0.25) is 5.91 Å². The van der Waals surface area contributed by atoms with E-state index in [2.05, 4.69) is 50.4 Å². The van der Waals surface area contributed by atoms with Crippen molar-refractivity contribution >= 4 is 19.7 Å². The Balaban J connectivity index is 5.35. The van der Waals surface area contributed by atoms with E-state index in [-0.39, 0.29) is 31.5 Å². The summed E-state index contributed by atoms with van der Waals surface area (Å²) in [5.41, 5.74) is 0. The van der Waals surface area contributed by atoms with Crippen molar-refractivity contribution in [1.29, 1.82) is 0 Å². The number of phosphoric ester groups is 1. The number of carbonyl (C=O) groups is 2. The predicted octanol–water partition coefficient (Wildman–Crippen LogP) is 15.8. The lowest BCUT2D eigenvalue weighted by Gasteiger charge is -2.30. The minimum Gasteiger partial charge on any atom is -0.756 e. The molecule has 3 atom stereocenters. The molecule has 0 aromatic carbocycles. The molecule has 3 unspecified atom stereocenters. The van der Waals surface area contributed by atoms with E-state index in [0.29, 0.717) is 17.4 Å². The van der Waals surface area contributed by atoms with Gasteiger partial charge < -0.3 is 28.5 Å². The molecule has 0 aliphatic heterocycles. The van der Waals surface area contributed by atoms with Crippen LogP contribution in [-0.4, -0.2) is 69.4 Å². The number of unbranched alkanes of at least 4 members (excludes halogenated alkanes) is 30. The van der Waals surface area contributed by atoms with Gasteiger partial charge in [0.25, 0.3) is 7.82 Å². The Hall–Kier alpha value is -1.77. The Morgan fingerprint density at radius 2 is 0.924 bits per heavy atom. The second-order valence-corrected chi connectivity index (χ2v) is 21.5. The molecule has 0 radical (unpaired) electrons. The standard InChI is InChI=1S/C56H107N2O7P/c1-7-10-13-16-19-22-25-27-28-29-30-31-34-36-39-42-45-48-55(59)57-53(52-64-66(61,62)63-51-50-58(4,5)6)54(47-44-41-38-35-33-26-23-20-17-14-11-8-2)65-56(60)49-46-43-40-37-32-24-21-18-15-12-9-3/h19,22,27-28,44,47,53-54H,7-18,20-21,23-26,29-43,45-46,48-52H2,1-6H3,(H-,57,59,61,62)/b22-19-,28-27-,47-44-. The number of phosphoric acid groups is 1. The summed E-state index contributed by atoms with van der Waals surface area (Å²) >= 11 is 0. The van der Waals surface area contributed by atoms with E-state index < -0.39 is 20.0 Å². The molecule has 9 nitrogen and oxygen atoms in total. The quantitative estimate of drug-likeness (QED) is 0.0212. The van der Waals surface area contributed by atoms with Crippen LogP contribution >= 0.6 is 7.82 Å². The van der Waals surface area contributed by atoms with E-state index in [1.54, 1.807) is 0 Å². The van der Waals surface area contributed by atoms with Crippen molar-refractivity contribution in [2.45, 2.75) is 270 Å². The zero-order valence-electron chi connectivity index (χ0n) is 44.2. The highest BCUT2D eigenvalue weighted by atomic mass is 31.2. The third-order valence-electron chi connectivity index (χ3n) is 12.3. The number of ether oxygens (including phenoxy) is 1. The summed E-state index contributed by atoms with van der Waals surface area (Å²) in [7, 11) is 1.18. The zero-order chi connectivity index (χ0) is 48.7. The molecule has 0 heterocycles. The number of rotatable bonds is 50. The van der Waals surface area contributed by atoms with E-state index >= 15 is 0 Å². The first-order valence-electron chi connectivity index (χ1n) is 27.8. The van der Waals surface area contributed by atoms with Gasteiger partial charge in [0.1, 0.15) is 19.3 Å². The molecule has 0 aromatic heterocycles. The van der Waals surface area contributed by atoms with Gasteiger partial charge in [-0.3, -0.25) is 14.2 Å². The number of hydrogen-bond acceptors (Lipinski definition) is 7. The molecular weight excluding hydrogens is 844 g/mol. The summed E-state index contributed by atoms with van der Waals surface area (Å²) in [6.07, 6.45) is 53.8. The fourth-order valence-electron chi connectivity index (χ4n) is 7.96. The average Bonchev–Trinajstić information content (AvgIpc) is 3.27. The van der Waals surface area contributed by atoms with Crippen molar-refractivity contribution in [3.05, 3.63) is 36.5 Å². The smallest absolute Gasteiger partial charge is 0.306 e. The van der Waals surface area contributed by atoms with Crippen LogP contribution in [0, 0.1) is 0 Å². The number of nitrogens with one attached hydrogen (secondary N) is 1. The third kappa shape index (κ3) is 47.3. The minimum absolute atomic E-state index is 0.0222. The lowest BCUT2D eigenvalue weighted by Crippen LogP contribution is -2.47. The number of likely N-dealkylation sites (N-methyl/N-ethyl adjacent to an activating group) is 1. The van der Waals surface area contributed by atoms with Gasteiger partial charge in [0.05, 0.1) is 33.8 Å². The normalized spacial score (nSPS) is 14.1. The summed E-state index contributed by atoms with van der Waals surface area (Å²) in [6.45, 7) is 6.81. The summed E-state index contributed by atoms with van der Waals surface area (Å²) < 4.78 is 30.2. The topological polar surface area (TPSA) is 114 Å². The molecule has 0 spiro atoms. The SMILES string of the molecule is CCCCC/C=C\C/C=C\CCCCCCCCCC(=O)NC(COP(=O)([O-])OCC[N+](C)(C)C)C(/C=C\CCCCCCCCCCCC)OC(=O)CCCCCCCCCCCCC. The summed E-state index contributed by atoms with van der Waals surface area (Å²) in [6, 6.07) is -0.886. The number of nitrogens with zero attached hydrogens (tertiary/aromatic N) is 1. The molecule has 66 heavy (non-hydrogen) atoms. The van der Waals surface area contributed by atoms with Crippen molar-refractivity contribution < 1.29 is 37.3 Å². The maximum absolute atomic E-state index is 13.4. The van der Waals surface area contributed by atoms with Crippen LogP contribution in [0.15, 0.2) is 36.5 Å². The van der Waals surface area contributed by atoms with Gasteiger partial charge in [-0.25, -0.2) is 0 Å². The van der Waals surface area contributed by atoms with Gasteiger partial charge in [-0.15, -0.1) is 0 Å². The number of quaternary nitrogens is 1. The first-order chi connectivity index (χ1) is 31.9. The third-order valence-corrected chi connectivity index (χ3v) is 13.3. The van der Waals surface area contributed by atoms with Crippen LogP contribution in [0.4, 0.5) is 0 Å². The second-order valence-electron chi connectivity index (χ2n) is 20.1. The van der Waals surface area contributed by atoms with Gasteiger partial charge >= 0.3 is 5.97 Å². The van der Waals surface area contributed by atoms with Gasteiger partial charge in [-0.1, -0.05) is 218 Å². The van der Waals surface area contributed by atoms with E-state index in [1.165, 1.54) is 148 Å². The summed E-state index contributed by atoms with van der Waals surface area (Å²) in [4.78, 5) is 39.7. The molecule has 0 aliphatic carbocycles. The highest BCUT2D eigenvalue weighted by molar-refractivity contribution is 7.45. The van der Waals surface area contributed by atoms with E-state index in [9.17, 15) is 19.0 Å². The van der Waals surface area contributed by atoms with E-state index in [0.717, 1.165) is 77.0 Å². The van der Waals surface area contributed by atoms with Gasteiger partial charge in [0.15, 0.2) is 0 Å². The first-order valence-corrected chi connectivity index (χ1v) is 29.3. The Kier molecular flexibility index (Phi) is 45.7. The molecule has 1 amide bonds. The van der Waals surface area contributed by atoms with Crippen molar-refractivity contribution in [2.24, 2.45) is 0 Å². The van der Waals surface area contributed by atoms with Crippen LogP contribution in [0.25, 0.3) is 0 Å². The largest absolute Gasteiger partial charge is 0.756 e. The van der Waals surface area contributed by atoms with Gasteiger partial charge in [-0.05, 0) is 63.9 Å². The van der Waals surface area contributed by atoms with E-state index in [1.807, 2.05) is 33.3 Å². The van der Waals surface area contributed by atoms with Crippen molar-refractivity contribution in [3.8, 4) is 0 Å². The number of carbonyl (C=O) groups excluding carboxylic acids is 2. The molecule has 0 fully saturated rings. The number of hydrogen-bond donors (Lipinski definition) is 1. The van der Waals surface area contributed by atoms with Crippen LogP contribution in [0.2, 0.25) is 0 Å². The van der Waals surface area contributed by atoms with Crippen LogP contribution in [0.1, 0.15) is 258 Å². The summed E-state index contributed by atoms with van der Waals surface area (Å²) in [5.74, 6) is -0.544. The average molecular weight is 951 g/mol. The van der Waals surface area contributed by atoms with Crippen molar-refractivity contribution in [1.82, 2.24) is 5.32 Å². The van der Waals surface area contributed by atoms with Crippen LogP contribution in [0.5, 0.6) is 0 Å². The summed E-state index contributed by atoms with van der Waals surface area (Å²) in [5, 5.41) is 3.01. The van der Waals surface area contributed by atoms with Crippen LogP contribution < -0.4 is 10.2 Å². The Morgan fingerprint density at radius 1 is 0.530 bits per heavy atom. The number of esters is 1. The van der Waals surface area contributed by atoms with Gasteiger partial charge in [0, 0.05) is 12.8 Å². The molecule has 1 N–H and O–H groups in total. The maximum Gasteiger partial charge on any atom is 0.306 e. The van der Waals surface area contributed by atoms with Crippen LogP contribution in [0.3, 0.4) is 0 Å². The van der Waals surface area contributed by atoms with Crippen LogP contribution in [-0.2, 0) is 27.9 Å². The lowest BCUT2D eigenvalue weighted by molar-refractivity contribution is -0.870. The molecular formula is C56H107N2O7P. The zero-order valence-corrected chi connectivity index (χ0v) is 45.0. The molecule has 10 heteroatoms. The van der Waals surface area contributed by atoms with Crippen molar-refractivity contribution in [2.75, 3.05) is 40.9 Å². The minimum atomic E-state index is -4.69. The Morgan fingerprint density at radius 3 is 1.39 bits per heavy atom. The monoisotopic (exact) mass is 951 g/mol. The maximum atomic E-state index is 13.4. The number of amides is 1. The lowest BCUT2D eigenvalue weighted by atomic mass is 10.0. The highest BCUT2D eigenvalue weighted by Gasteiger charge is 2.27. The molecule has 0 aromatic rings. The molecule has 0 aliphatic rings. The first kappa shape index (κ1) is 64.2. The molecule has 0 bridgehead atoms. The fraction of sp³-hybridized carbons (Fsp3) is 0.857. The number of allylic oxidation sites excluding steroid dienone is 5. The van der Waals surface area contributed by atoms with Gasteiger partial charge in [-0.2, -0.15) is 0 Å². The second kappa shape index (κ2) is 46.9. The predicted molar refractivity (Wildman–Crippen MR) is 279 cm³/mol. The molecule has 0 rings (SSSR count). The Bertz CT molecular complexity index is 1230.